The summed E-state index contributed by atoms with van der Waals surface area (Å²) in [7, 11) is 0. The van der Waals surface area contributed by atoms with Gasteiger partial charge in [-0.2, -0.15) is 0 Å². The van der Waals surface area contributed by atoms with Crippen LogP contribution in [0.5, 0.6) is 5.75 Å². The zero-order valence-corrected chi connectivity index (χ0v) is 11.0. The largest absolute Gasteiger partial charge is 0.489 e. The second-order valence-electron chi connectivity index (χ2n) is 4.88. The molecule has 0 radical (unpaired) electrons. The molecule has 0 aliphatic heterocycles. The first-order valence-corrected chi connectivity index (χ1v) is 6.29. The van der Waals surface area contributed by atoms with Crippen molar-refractivity contribution in [1.29, 1.82) is 0 Å². The number of rotatable bonds is 5. The summed E-state index contributed by atoms with van der Waals surface area (Å²) in [6.07, 6.45) is 0. The van der Waals surface area contributed by atoms with E-state index in [1.54, 1.807) is 6.92 Å². The third-order valence-corrected chi connectivity index (χ3v) is 3.07. The maximum atomic E-state index is 9.28. The minimum atomic E-state index is -0.744. The van der Waals surface area contributed by atoms with Crippen LogP contribution in [0.4, 0.5) is 0 Å². The maximum Gasteiger partial charge on any atom is 0.120 e. The predicted octanol–water partition coefficient (Wildman–Crippen LogP) is 2.43. The third kappa shape index (κ3) is 3.56. The van der Waals surface area contributed by atoms with Gasteiger partial charge in [0.1, 0.15) is 12.4 Å². The van der Waals surface area contributed by atoms with Gasteiger partial charge in [0, 0.05) is 0 Å². The Hall–Kier alpha value is -1.84. The molecular weight excluding hydrogens is 238 g/mol. The van der Waals surface area contributed by atoms with E-state index in [-0.39, 0.29) is 6.61 Å². The summed E-state index contributed by atoms with van der Waals surface area (Å²) in [6, 6.07) is 17.5. The molecule has 1 atom stereocenters. The Balaban J connectivity index is 2.08. The number of hydrogen-bond donors (Lipinski definition) is 2. The van der Waals surface area contributed by atoms with Crippen molar-refractivity contribution in [2.45, 2.75) is 19.1 Å². The smallest absolute Gasteiger partial charge is 0.120 e. The number of hydrogen-bond acceptors (Lipinski definition) is 3. The number of aliphatic hydroxyl groups excluding tert-OH is 1. The van der Waals surface area contributed by atoms with Gasteiger partial charge in [0.15, 0.2) is 0 Å². The van der Waals surface area contributed by atoms with Gasteiger partial charge in [0.05, 0.1) is 12.1 Å². The van der Waals surface area contributed by atoms with E-state index in [0.717, 1.165) is 16.9 Å². The Labute approximate surface area is 113 Å². The number of nitrogens with two attached hydrogens (primary N) is 1. The van der Waals surface area contributed by atoms with Crippen molar-refractivity contribution in [1.82, 2.24) is 0 Å². The van der Waals surface area contributed by atoms with Crippen LogP contribution < -0.4 is 10.5 Å². The van der Waals surface area contributed by atoms with E-state index in [1.807, 2.05) is 54.6 Å². The van der Waals surface area contributed by atoms with Crippen molar-refractivity contribution in [2.75, 3.05) is 6.61 Å². The summed E-state index contributed by atoms with van der Waals surface area (Å²) in [6.45, 7) is 2.21. The van der Waals surface area contributed by atoms with Gasteiger partial charge >= 0.3 is 0 Å². The van der Waals surface area contributed by atoms with Crippen molar-refractivity contribution in [3.05, 3.63) is 65.7 Å². The van der Waals surface area contributed by atoms with Crippen LogP contribution in [0.15, 0.2) is 54.6 Å². The molecule has 2 aromatic carbocycles. The van der Waals surface area contributed by atoms with Crippen LogP contribution in [-0.4, -0.2) is 11.7 Å². The highest BCUT2D eigenvalue weighted by molar-refractivity contribution is 5.33. The molecule has 100 valence electrons. The zero-order valence-electron chi connectivity index (χ0n) is 11.0. The van der Waals surface area contributed by atoms with Crippen LogP contribution in [0, 0.1) is 0 Å². The standard InChI is InChI=1S/C16H19NO2/c1-16(17,12-18)14-8-5-9-15(10-14)19-11-13-6-3-2-4-7-13/h2-10,18H,11-12,17H2,1H3. The fourth-order valence-corrected chi connectivity index (χ4v) is 1.77. The molecule has 0 aliphatic carbocycles. The third-order valence-electron chi connectivity index (χ3n) is 3.07. The molecule has 0 spiro atoms. The average Bonchev–Trinajstić information content (AvgIpc) is 2.46. The van der Waals surface area contributed by atoms with Crippen LogP contribution in [-0.2, 0) is 12.1 Å². The van der Waals surface area contributed by atoms with Crippen molar-refractivity contribution in [2.24, 2.45) is 5.73 Å². The van der Waals surface area contributed by atoms with Gasteiger partial charge in [-0.1, -0.05) is 42.5 Å². The average molecular weight is 257 g/mol. The maximum absolute atomic E-state index is 9.28. The van der Waals surface area contributed by atoms with Gasteiger partial charge in [0.25, 0.3) is 0 Å². The normalized spacial score (nSPS) is 13.8. The van der Waals surface area contributed by atoms with Crippen LogP contribution >= 0.6 is 0 Å². The van der Waals surface area contributed by atoms with Gasteiger partial charge in [-0.15, -0.1) is 0 Å². The van der Waals surface area contributed by atoms with E-state index < -0.39 is 5.54 Å². The van der Waals surface area contributed by atoms with Crippen LogP contribution in [0.2, 0.25) is 0 Å². The molecule has 0 saturated carbocycles. The molecule has 19 heavy (non-hydrogen) atoms. The second kappa shape index (κ2) is 5.87. The molecule has 2 aromatic rings. The Morgan fingerprint density at radius 1 is 1.11 bits per heavy atom. The highest BCUT2D eigenvalue weighted by Crippen LogP contribution is 2.22. The Morgan fingerprint density at radius 2 is 1.84 bits per heavy atom. The fraction of sp³-hybridized carbons (Fsp3) is 0.250. The number of benzene rings is 2. The van der Waals surface area contributed by atoms with E-state index in [0.29, 0.717) is 6.61 Å². The fourth-order valence-electron chi connectivity index (χ4n) is 1.77. The topological polar surface area (TPSA) is 55.5 Å². The summed E-state index contributed by atoms with van der Waals surface area (Å²) in [5, 5.41) is 9.28. The van der Waals surface area contributed by atoms with Gasteiger partial charge in [-0.25, -0.2) is 0 Å². The molecule has 3 N–H and O–H groups in total. The van der Waals surface area contributed by atoms with E-state index in [9.17, 15) is 5.11 Å². The molecule has 3 heteroatoms. The lowest BCUT2D eigenvalue weighted by Gasteiger charge is -2.22. The minimum absolute atomic E-state index is 0.102. The highest BCUT2D eigenvalue weighted by Gasteiger charge is 2.20. The quantitative estimate of drug-likeness (QED) is 0.865. The molecule has 0 fully saturated rings. The lowest BCUT2D eigenvalue weighted by atomic mass is 9.94. The van der Waals surface area contributed by atoms with E-state index >= 15 is 0 Å². The van der Waals surface area contributed by atoms with E-state index in [1.165, 1.54) is 0 Å². The van der Waals surface area contributed by atoms with Gasteiger partial charge in [0.2, 0.25) is 0 Å². The summed E-state index contributed by atoms with van der Waals surface area (Å²) in [4.78, 5) is 0. The molecule has 0 aromatic heterocycles. The van der Waals surface area contributed by atoms with Crippen molar-refractivity contribution in [3.8, 4) is 5.75 Å². The van der Waals surface area contributed by atoms with Gasteiger partial charge in [-0.05, 0) is 30.2 Å². The lowest BCUT2D eigenvalue weighted by Crippen LogP contribution is -2.36. The van der Waals surface area contributed by atoms with Crippen LogP contribution in [0.3, 0.4) is 0 Å². The van der Waals surface area contributed by atoms with Crippen LogP contribution in [0.1, 0.15) is 18.1 Å². The van der Waals surface area contributed by atoms with Crippen molar-refractivity contribution >= 4 is 0 Å². The SMILES string of the molecule is CC(N)(CO)c1cccc(OCc2ccccc2)c1. The monoisotopic (exact) mass is 257 g/mol. The van der Waals surface area contributed by atoms with Crippen molar-refractivity contribution in [3.63, 3.8) is 0 Å². The summed E-state index contributed by atoms with van der Waals surface area (Å²) in [5.41, 5.74) is 7.24. The lowest BCUT2D eigenvalue weighted by molar-refractivity contribution is 0.209. The minimum Gasteiger partial charge on any atom is -0.489 e. The molecule has 0 bridgehead atoms. The van der Waals surface area contributed by atoms with E-state index in [4.69, 9.17) is 10.5 Å². The number of ether oxygens (including phenoxy) is 1. The Kier molecular flexibility index (Phi) is 4.20. The Bertz CT molecular complexity index is 523. The first-order valence-electron chi connectivity index (χ1n) is 6.29. The first-order chi connectivity index (χ1) is 9.12. The molecule has 2 rings (SSSR count). The first kappa shape index (κ1) is 13.6. The van der Waals surface area contributed by atoms with Crippen molar-refractivity contribution < 1.29 is 9.84 Å². The zero-order chi connectivity index (χ0) is 13.7. The van der Waals surface area contributed by atoms with Gasteiger partial charge < -0.3 is 15.6 Å². The molecule has 1 unspecified atom stereocenters. The molecule has 0 heterocycles. The Morgan fingerprint density at radius 3 is 2.53 bits per heavy atom. The number of aliphatic hydroxyl groups is 1. The molecule has 0 saturated heterocycles. The highest BCUT2D eigenvalue weighted by atomic mass is 16.5. The summed E-state index contributed by atoms with van der Waals surface area (Å²) >= 11 is 0. The summed E-state index contributed by atoms with van der Waals surface area (Å²) < 4.78 is 5.74. The van der Waals surface area contributed by atoms with E-state index in [2.05, 4.69) is 0 Å². The molecule has 0 aliphatic rings. The summed E-state index contributed by atoms with van der Waals surface area (Å²) in [5.74, 6) is 0.756. The van der Waals surface area contributed by atoms with Gasteiger partial charge in [-0.3, -0.25) is 0 Å². The molecule has 0 amide bonds. The van der Waals surface area contributed by atoms with Crippen LogP contribution in [0.25, 0.3) is 0 Å². The second-order valence-corrected chi connectivity index (χ2v) is 4.88. The molecular formula is C16H19NO2. The predicted molar refractivity (Wildman–Crippen MR) is 75.8 cm³/mol. The molecule has 3 nitrogen and oxygen atoms in total.